The standard InChI is InChI=1S/C11H11F3N4O/c12-11(13,14)9-5-8-10(15-1-2-18(8)17-9)16-6-3-7(19)4-6/h1-2,5-7,19H,3-4H2,(H,15,16). The van der Waals surface area contributed by atoms with E-state index >= 15 is 0 Å². The highest BCUT2D eigenvalue weighted by molar-refractivity contribution is 5.68. The van der Waals surface area contributed by atoms with Crippen molar-refractivity contribution < 1.29 is 18.3 Å². The molecule has 8 heteroatoms. The molecule has 2 N–H and O–H groups in total. The van der Waals surface area contributed by atoms with Crippen molar-refractivity contribution in [2.45, 2.75) is 31.2 Å². The van der Waals surface area contributed by atoms with E-state index in [1.165, 1.54) is 12.4 Å². The topological polar surface area (TPSA) is 62.5 Å². The second-order valence-corrected chi connectivity index (χ2v) is 4.60. The summed E-state index contributed by atoms with van der Waals surface area (Å²) in [5.74, 6) is 0.349. The average Bonchev–Trinajstić information content (AvgIpc) is 2.71. The third kappa shape index (κ3) is 2.23. The van der Waals surface area contributed by atoms with Crippen LogP contribution in [0.3, 0.4) is 0 Å². The third-order valence-corrected chi connectivity index (χ3v) is 3.13. The molecule has 0 aromatic carbocycles. The number of aromatic nitrogens is 3. The maximum absolute atomic E-state index is 12.6. The minimum absolute atomic E-state index is 0.0398. The van der Waals surface area contributed by atoms with E-state index in [1.807, 2.05) is 0 Å². The molecule has 0 unspecified atom stereocenters. The third-order valence-electron chi connectivity index (χ3n) is 3.13. The number of alkyl halides is 3. The van der Waals surface area contributed by atoms with E-state index in [1.54, 1.807) is 0 Å². The molecule has 0 saturated heterocycles. The number of aliphatic hydroxyl groups is 1. The Morgan fingerprint density at radius 3 is 2.74 bits per heavy atom. The molecular weight excluding hydrogens is 261 g/mol. The summed E-state index contributed by atoms with van der Waals surface area (Å²) in [7, 11) is 0. The smallest absolute Gasteiger partial charge is 0.393 e. The van der Waals surface area contributed by atoms with Crippen LogP contribution in [0.1, 0.15) is 18.5 Å². The van der Waals surface area contributed by atoms with Crippen LogP contribution in [0.5, 0.6) is 0 Å². The van der Waals surface area contributed by atoms with Crippen molar-refractivity contribution in [1.82, 2.24) is 14.6 Å². The quantitative estimate of drug-likeness (QED) is 0.873. The molecule has 2 aromatic rings. The van der Waals surface area contributed by atoms with Gasteiger partial charge in [0, 0.05) is 24.5 Å². The minimum Gasteiger partial charge on any atom is -0.393 e. The molecule has 0 aliphatic heterocycles. The van der Waals surface area contributed by atoms with Crippen molar-refractivity contribution in [3.63, 3.8) is 0 Å². The van der Waals surface area contributed by atoms with Gasteiger partial charge in [-0.05, 0) is 12.8 Å². The van der Waals surface area contributed by atoms with Gasteiger partial charge in [-0.15, -0.1) is 0 Å². The maximum Gasteiger partial charge on any atom is 0.435 e. The van der Waals surface area contributed by atoms with Crippen molar-refractivity contribution in [3.05, 3.63) is 24.2 Å². The molecule has 0 atom stereocenters. The van der Waals surface area contributed by atoms with Crippen LogP contribution in [0.25, 0.3) is 5.52 Å². The van der Waals surface area contributed by atoms with Crippen molar-refractivity contribution in [1.29, 1.82) is 0 Å². The summed E-state index contributed by atoms with van der Waals surface area (Å²) in [5.41, 5.74) is -0.673. The van der Waals surface area contributed by atoms with Gasteiger partial charge >= 0.3 is 6.18 Å². The van der Waals surface area contributed by atoms with E-state index in [4.69, 9.17) is 0 Å². The van der Waals surface area contributed by atoms with E-state index < -0.39 is 11.9 Å². The zero-order valence-corrected chi connectivity index (χ0v) is 9.72. The fourth-order valence-corrected chi connectivity index (χ4v) is 2.07. The molecule has 0 radical (unpaired) electrons. The van der Waals surface area contributed by atoms with Crippen LogP contribution in [-0.2, 0) is 6.18 Å². The molecule has 3 rings (SSSR count). The Morgan fingerprint density at radius 2 is 2.11 bits per heavy atom. The molecule has 102 valence electrons. The first-order valence-corrected chi connectivity index (χ1v) is 5.79. The summed E-state index contributed by atoms with van der Waals surface area (Å²) in [5, 5.41) is 15.7. The van der Waals surface area contributed by atoms with Crippen LogP contribution in [0.2, 0.25) is 0 Å². The fraction of sp³-hybridized carbons (Fsp3) is 0.455. The van der Waals surface area contributed by atoms with E-state index in [-0.39, 0.29) is 17.7 Å². The Morgan fingerprint density at radius 1 is 1.37 bits per heavy atom. The van der Waals surface area contributed by atoms with Crippen LogP contribution >= 0.6 is 0 Å². The zero-order valence-electron chi connectivity index (χ0n) is 9.72. The van der Waals surface area contributed by atoms with Crippen molar-refractivity contribution in [2.75, 3.05) is 5.32 Å². The number of hydrogen-bond acceptors (Lipinski definition) is 4. The first-order chi connectivity index (χ1) is 8.93. The molecule has 2 aromatic heterocycles. The lowest BCUT2D eigenvalue weighted by molar-refractivity contribution is -0.141. The normalized spacial score (nSPS) is 23.4. The molecule has 1 aliphatic carbocycles. The van der Waals surface area contributed by atoms with Crippen molar-refractivity contribution in [2.24, 2.45) is 0 Å². The van der Waals surface area contributed by atoms with E-state index in [0.29, 0.717) is 18.7 Å². The Labute approximate surface area is 106 Å². The fourth-order valence-electron chi connectivity index (χ4n) is 2.07. The summed E-state index contributed by atoms with van der Waals surface area (Å²) >= 11 is 0. The number of nitrogens with one attached hydrogen (secondary N) is 1. The van der Waals surface area contributed by atoms with Crippen LogP contribution in [-0.4, -0.2) is 31.9 Å². The molecule has 2 heterocycles. The highest BCUT2D eigenvalue weighted by Crippen LogP contribution is 2.31. The van der Waals surface area contributed by atoms with Crippen molar-refractivity contribution in [3.8, 4) is 0 Å². The summed E-state index contributed by atoms with van der Waals surface area (Å²) in [6, 6.07) is 1.00. The van der Waals surface area contributed by atoms with Gasteiger partial charge in [-0.3, -0.25) is 0 Å². The predicted molar refractivity (Wildman–Crippen MR) is 60.6 cm³/mol. The van der Waals surface area contributed by atoms with Gasteiger partial charge in [0.15, 0.2) is 11.5 Å². The molecule has 1 saturated carbocycles. The first kappa shape index (κ1) is 12.2. The number of aliphatic hydroxyl groups excluding tert-OH is 1. The molecule has 0 bridgehead atoms. The number of rotatable bonds is 2. The predicted octanol–water partition coefficient (Wildman–Crippen LogP) is 1.68. The van der Waals surface area contributed by atoms with Crippen LogP contribution in [0.4, 0.5) is 19.0 Å². The van der Waals surface area contributed by atoms with Gasteiger partial charge in [-0.2, -0.15) is 18.3 Å². The molecule has 1 aliphatic rings. The second-order valence-electron chi connectivity index (χ2n) is 4.60. The average molecular weight is 272 g/mol. The highest BCUT2D eigenvalue weighted by Gasteiger charge is 2.35. The van der Waals surface area contributed by atoms with E-state index in [2.05, 4.69) is 15.4 Å². The largest absolute Gasteiger partial charge is 0.435 e. The lowest BCUT2D eigenvalue weighted by Gasteiger charge is -2.32. The number of nitrogens with zero attached hydrogens (tertiary/aromatic N) is 3. The van der Waals surface area contributed by atoms with Crippen LogP contribution in [0.15, 0.2) is 18.5 Å². The maximum atomic E-state index is 12.6. The number of anilines is 1. The Balaban J connectivity index is 1.93. The van der Waals surface area contributed by atoms with Gasteiger partial charge in [-0.1, -0.05) is 0 Å². The molecular formula is C11H11F3N4O. The second kappa shape index (κ2) is 4.09. The molecule has 0 spiro atoms. The Bertz CT molecular complexity index is 603. The van der Waals surface area contributed by atoms with Crippen LogP contribution < -0.4 is 5.32 Å². The number of hydrogen-bond donors (Lipinski definition) is 2. The lowest BCUT2D eigenvalue weighted by atomic mass is 9.89. The molecule has 5 nitrogen and oxygen atoms in total. The zero-order chi connectivity index (χ0) is 13.6. The molecule has 19 heavy (non-hydrogen) atoms. The summed E-state index contributed by atoms with van der Waals surface area (Å²) in [6.07, 6.45) is -0.918. The lowest BCUT2D eigenvalue weighted by Crippen LogP contribution is -2.39. The van der Waals surface area contributed by atoms with Crippen LogP contribution in [0, 0.1) is 0 Å². The van der Waals surface area contributed by atoms with Gasteiger partial charge in [-0.25, -0.2) is 9.50 Å². The Kier molecular flexibility index (Phi) is 2.63. The first-order valence-electron chi connectivity index (χ1n) is 5.79. The monoisotopic (exact) mass is 272 g/mol. The van der Waals surface area contributed by atoms with Gasteiger partial charge in [0.25, 0.3) is 0 Å². The SMILES string of the molecule is OC1CC(Nc2nccn3nc(C(F)(F)F)cc23)C1. The summed E-state index contributed by atoms with van der Waals surface area (Å²) in [4.78, 5) is 4.03. The number of fused-ring (bicyclic) bond motifs is 1. The van der Waals surface area contributed by atoms with E-state index in [0.717, 1.165) is 10.6 Å². The minimum atomic E-state index is -4.48. The van der Waals surface area contributed by atoms with Gasteiger partial charge in [0.2, 0.25) is 0 Å². The van der Waals surface area contributed by atoms with Gasteiger partial charge in [0.1, 0.15) is 5.52 Å². The van der Waals surface area contributed by atoms with Gasteiger partial charge < -0.3 is 10.4 Å². The van der Waals surface area contributed by atoms with E-state index in [9.17, 15) is 18.3 Å². The number of halogens is 3. The Hall–Kier alpha value is -1.83. The molecule has 1 fully saturated rings. The van der Waals surface area contributed by atoms with Crippen molar-refractivity contribution >= 4 is 11.3 Å². The van der Waals surface area contributed by atoms with Gasteiger partial charge in [0.05, 0.1) is 6.10 Å². The molecule has 0 amide bonds. The highest BCUT2D eigenvalue weighted by atomic mass is 19.4. The summed E-state index contributed by atoms with van der Waals surface area (Å²) in [6.45, 7) is 0. The summed E-state index contributed by atoms with van der Waals surface area (Å²) < 4.78 is 38.9.